The van der Waals surface area contributed by atoms with Gasteiger partial charge in [0.15, 0.2) is 0 Å². The highest BCUT2D eigenvalue weighted by atomic mass is 19.1. The van der Waals surface area contributed by atoms with E-state index in [0.29, 0.717) is 31.3 Å². The molecule has 3 heterocycles. The van der Waals surface area contributed by atoms with Gasteiger partial charge in [0.1, 0.15) is 11.6 Å². The second-order valence-electron chi connectivity index (χ2n) is 8.44. The molecule has 1 aromatic carbocycles. The van der Waals surface area contributed by atoms with Crippen LogP contribution in [-0.4, -0.2) is 45.9 Å². The van der Waals surface area contributed by atoms with Crippen molar-refractivity contribution in [3.8, 4) is 0 Å². The normalized spacial score (nSPS) is 15.5. The first-order valence-electron chi connectivity index (χ1n) is 11.2. The number of nitrogens with zero attached hydrogens (tertiary/aromatic N) is 5. The number of carbonyl (C=O) groups excluding carboxylic acids is 1. The minimum atomic E-state index is -0.281. The van der Waals surface area contributed by atoms with Crippen molar-refractivity contribution >= 4 is 23.4 Å². The quantitative estimate of drug-likeness (QED) is 0.571. The number of carbonyl (C=O) groups is 1. The molecule has 3 aromatic rings. The molecule has 1 N–H and O–H groups in total. The van der Waals surface area contributed by atoms with E-state index >= 15 is 0 Å². The van der Waals surface area contributed by atoms with Gasteiger partial charge in [0.25, 0.3) is 0 Å². The molecule has 0 saturated carbocycles. The van der Waals surface area contributed by atoms with Gasteiger partial charge in [-0.2, -0.15) is 0 Å². The summed E-state index contributed by atoms with van der Waals surface area (Å²) in [6.45, 7) is 5.09. The van der Waals surface area contributed by atoms with E-state index in [9.17, 15) is 9.18 Å². The van der Waals surface area contributed by atoms with E-state index in [1.165, 1.54) is 12.1 Å². The van der Waals surface area contributed by atoms with Crippen LogP contribution < -0.4 is 10.2 Å². The SMILES string of the molecule is Cc1cc(C)nc(Nc2cccc([C@@H]3CCCN3C(=O)CCN(C)c3cccc(F)c3)n2)n1. The van der Waals surface area contributed by atoms with Gasteiger partial charge in [0, 0.05) is 43.6 Å². The van der Waals surface area contributed by atoms with Crippen molar-refractivity contribution in [2.45, 2.75) is 39.2 Å². The molecule has 172 valence electrons. The minimum absolute atomic E-state index is 0.0566. The van der Waals surface area contributed by atoms with Crippen LogP contribution in [-0.2, 0) is 4.79 Å². The lowest BCUT2D eigenvalue weighted by molar-refractivity contribution is -0.132. The zero-order chi connectivity index (χ0) is 23.4. The van der Waals surface area contributed by atoms with Gasteiger partial charge in [-0.1, -0.05) is 12.1 Å². The summed E-state index contributed by atoms with van der Waals surface area (Å²) < 4.78 is 13.5. The molecule has 0 aliphatic carbocycles. The number of likely N-dealkylation sites (tertiary alicyclic amines) is 1. The first-order valence-corrected chi connectivity index (χ1v) is 11.2. The second-order valence-corrected chi connectivity index (χ2v) is 8.44. The van der Waals surface area contributed by atoms with Crippen LogP contribution in [0.3, 0.4) is 0 Å². The number of nitrogens with one attached hydrogen (secondary N) is 1. The molecule has 1 amide bonds. The molecule has 4 rings (SSSR count). The van der Waals surface area contributed by atoms with Crippen LogP contribution in [0, 0.1) is 19.7 Å². The molecular formula is C25H29FN6O. The van der Waals surface area contributed by atoms with Crippen LogP contribution in [0.2, 0.25) is 0 Å². The smallest absolute Gasteiger partial charge is 0.228 e. The molecule has 1 fully saturated rings. The Morgan fingerprint density at radius 2 is 1.88 bits per heavy atom. The summed E-state index contributed by atoms with van der Waals surface area (Å²) in [5, 5.41) is 3.18. The van der Waals surface area contributed by atoms with E-state index in [0.717, 1.165) is 35.6 Å². The van der Waals surface area contributed by atoms with Gasteiger partial charge >= 0.3 is 0 Å². The maximum atomic E-state index is 13.5. The predicted octanol–water partition coefficient (Wildman–Crippen LogP) is 4.56. The standard InChI is InChI=1S/C25H29FN6O/c1-17-15-18(2)28-25(27-17)30-23-11-5-9-21(29-23)22-10-6-13-32(22)24(33)12-14-31(3)20-8-4-7-19(26)16-20/h4-5,7-9,11,15-16,22H,6,10,12-14H2,1-3H3,(H,27,28,29,30)/t22-/m0/s1. The third kappa shape index (κ3) is 5.63. The second kappa shape index (κ2) is 9.94. The minimum Gasteiger partial charge on any atom is -0.374 e. The third-order valence-electron chi connectivity index (χ3n) is 5.82. The fourth-order valence-electron chi connectivity index (χ4n) is 4.23. The topological polar surface area (TPSA) is 74.2 Å². The van der Waals surface area contributed by atoms with Gasteiger partial charge in [-0.3, -0.25) is 4.79 Å². The number of benzene rings is 1. The van der Waals surface area contributed by atoms with Gasteiger partial charge in [-0.15, -0.1) is 0 Å². The molecule has 1 aliphatic heterocycles. The average Bonchev–Trinajstić information content (AvgIpc) is 3.27. The van der Waals surface area contributed by atoms with E-state index in [1.54, 1.807) is 6.07 Å². The Bertz CT molecular complexity index is 1120. The van der Waals surface area contributed by atoms with Crippen molar-refractivity contribution in [2.75, 3.05) is 30.4 Å². The molecule has 2 aromatic heterocycles. The van der Waals surface area contributed by atoms with Crippen LogP contribution in [0.1, 0.15) is 42.4 Å². The Hall–Kier alpha value is -3.55. The van der Waals surface area contributed by atoms with E-state index in [1.807, 2.05) is 61.0 Å². The highest BCUT2D eigenvalue weighted by molar-refractivity contribution is 5.77. The summed E-state index contributed by atoms with van der Waals surface area (Å²) in [4.78, 5) is 30.5. The highest BCUT2D eigenvalue weighted by Crippen LogP contribution is 2.32. The maximum Gasteiger partial charge on any atom is 0.228 e. The van der Waals surface area contributed by atoms with Crippen LogP contribution >= 0.6 is 0 Å². The zero-order valence-corrected chi connectivity index (χ0v) is 19.3. The van der Waals surface area contributed by atoms with Gasteiger partial charge < -0.3 is 15.1 Å². The van der Waals surface area contributed by atoms with Crippen LogP contribution in [0.4, 0.5) is 21.8 Å². The van der Waals surface area contributed by atoms with Crippen molar-refractivity contribution < 1.29 is 9.18 Å². The largest absolute Gasteiger partial charge is 0.374 e. The molecular weight excluding hydrogens is 419 g/mol. The molecule has 8 heteroatoms. The number of rotatable bonds is 7. The molecule has 7 nitrogen and oxygen atoms in total. The molecule has 1 atom stereocenters. The summed E-state index contributed by atoms with van der Waals surface area (Å²) in [6.07, 6.45) is 2.18. The summed E-state index contributed by atoms with van der Waals surface area (Å²) in [5.41, 5.74) is 3.39. The molecule has 1 aliphatic rings. The van der Waals surface area contributed by atoms with Gasteiger partial charge in [-0.05, 0) is 63.1 Å². The lowest BCUT2D eigenvalue weighted by Crippen LogP contribution is -2.33. The Labute approximate surface area is 193 Å². The number of hydrogen-bond acceptors (Lipinski definition) is 6. The molecule has 33 heavy (non-hydrogen) atoms. The third-order valence-corrected chi connectivity index (χ3v) is 5.82. The maximum absolute atomic E-state index is 13.5. The van der Waals surface area contributed by atoms with E-state index in [4.69, 9.17) is 4.98 Å². The van der Waals surface area contributed by atoms with Crippen molar-refractivity contribution in [1.29, 1.82) is 0 Å². The highest BCUT2D eigenvalue weighted by Gasteiger charge is 2.30. The zero-order valence-electron chi connectivity index (χ0n) is 19.3. The summed E-state index contributed by atoms with van der Waals surface area (Å²) in [5.74, 6) is 0.967. The van der Waals surface area contributed by atoms with Crippen molar-refractivity contribution in [3.63, 3.8) is 0 Å². The number of anilines is 3. The molecule has 1 saturated heterocycles. The van der Waals surface area contributed by atoms with E-state index in [2.05, 4.69) is 15.3 Å². The average molecular weight is 449 g/mol. The fourth-order valence-corrected chi connectivity index (χ4v) is 4.23. The van der Waals surface area contributed by atoms with Gasteiger partial charge in [0.2, 0.25) is 11.9 Å². The predicted molar refractivity (Wildman–Crippen MR) is 127 cm³/mol. The summed E-state index contributed by atoms with van der Waals surface area (Å²) in [7, 11) is 1.87. The number of halogens is 1. The number of pyridine rings is 1. The Morgan fingerprint density at radius 3 is 2.64 bits per heavy atom. The monoisotopic (exact) mass is 448 g/mol. The molecule has 0 unspecified atom stereocenters. The number of aryl methyl sites for hydroxylation is 2. The number of hydrogen-bond donors (Lipinski definition) is 1. The Morgan fingerprint density at radius 1 is 1.12 bits per heavy atom. The van der Waals surface area contributed by atoms with Crippen molar-refractivity contribution in [1.82, 2.24) is 19.9 Å². The van der Waals surface area contributed by atoms with Crippen LogP contribution in [0.5, 0.6) is 0 Å². The molecule has 0 bridgehead atoms. The van der Waals surface area contributed by atoms with E-state index in [-0.39, 0.29) is 17.8 Å². The van der Waals surface area contributed by atoms with Crippen LogP contribution in [0.25, 0.3) is 0 Å². The lowest BCUT2D eigenvalue weighted by atomic mass is 10.1. The Kier molecular flexibility index (Phi) is 6.82. The summed E-state index contributed by atoms with van der Waals surface area (Å²) in [6, 6.07) is 14.0. The van der Waals surface area contributed by atoms with Crippen molar-refractivity contribution in [3.05, 3.63) is 71.4 Å². The first-order chi connectivity index (χ1) is 15.9. The van der Waals surface area contributed by atoms with Gasteiger partial charge in [-0.25, -0.2) is 19.3 Å². The first kappa shape index (κ1) is 22.6. The molecule has 0 radical (unpaired) electrons. The summed E-state index contributed by atoms with van der Waals surface area (Å²) >= 11 is 0. The lowest BCUT2D eigenvalue weighted by Gasteiger charge is -2.26. The van der Waals surface area contributed by atoms with Crippen molar-refractivity contribution in [2.24, 2.45) is 0 Å². The Balaban J connectivity index is 1.42. The van der Waals surface area contributed by atoms with Gasteiger partial charge in [0.05, 0.1) is 11.7 Å². The van der Waals surface area contributed by atoms with Crippen LogP contribution in [0.15, 0.2) is 48.5 Å². The van der Waals surface area contributed by atoms with E-state index < -0.39 is 0 Å². The molecule has 0 spiro atoms. The fraction of sp³-hybridized carbons (Fsp3) is 0.360. The number of amides is 1. The number of aromatic nitrogens is 3.